The summed E-state index contributed by atoms with van der Waals surface area (Å²) < 4.78 is 57.2. The van der Waals surface area contributed by atoms with Gasteiger partial charge in [0.2, 0.25) is 0 Å². The van der Waals surface area contributed by atoms with E-state index in [1.165, 1.54) is 12.1 Å². The van der Waals surface area contributed by atoms with E-state index in [1.807, 2.05) is 0 Å². The van der Waals surface area contributed by atoms with Crippen LogP contribution in [0, 0.1) is 0 Å². The fraction of sp³-hybridized carbons (Fsp3) is 0.111. The van der Waals surface area contributed by atoms with Gasteiger partial charge in [0.25, 0.3) is 16.5 Å². The number of hydrogen-bond donors (Lipinski definition) is 2. The van der Waals surface area contributed by atoms with Gasteiger partial charge in [0.15, 0.2) is 5.84 Å². The molecule has 0 saturated heterocycles. The topological polar surface area (TPSA) is 108 Å². The molecule has 0 spiro atoms. The van der Waals surface area contributed by atoms with Crippen molar-refractivity contribution in [3.8, 4) is 0 Å². The third-order valence-electron chi connectivity index (χ3n) is 2.26. The zero-order valence-electron chi connectivity index (χ0n) is 9.23. The van der Waals surface area contributed by atoms with E-state index in [2.05, 4.69) is 9.98 Å². The summed E-state index contributed by atoms with van der Waals surface area (Å²) in [5.41, 5.74) is 0.0287. The third-order valence-corrected chi connectivity index (χ3v) is 3.11. The Bertz CT molecular complexity index is 674. The summed E-state index contributed by atoms with van der Waals surface area (Å²) in [6.45, 7) is 0. The molecule has 0 fully saturated rings. The highest BCUT2D eigenvalue weighted by molar-refractivity contribution is 7.85. The van der Waals surface area contributed by atoms with Gasteiger partial charge < -0.3 is 0 Å². The summed E-state index contributed by atoms with van der Waals surface area (Å²) >= 11 is 0. The Morgan fingerprint density at radius 2 is 2.11 bits per heavy atom. The molecule has 0 aliphatic carbocycles. The van der Waals surface area contributed by atoms with E-state index in [-0.39, 0.29) is 16.4 Å². The summed E-state index contributed by atoms with van der Waals surface area (Å²) in [4.78, 5) is 6.21. The number of nitrogens with two attached hydrogens (primary N) is 1. The lowest BCUT2D eigenvalue weighted by atomic mass is 10.2. The molecule has 0 radical (unpaired) electrons. The Kier molecular flexibility index (Phi) is 3.30. The number of aliphatic imine (C=N–C) groups is 2. The lowest BCUT2D eigenvalue weighted by Crippen LogP contribution is -2.43. The Hall–Kier alpha value is -1.91. The Morgan fingerprint density at radius 3 is 2.68 bits per heavy atom. The number of alkyl halides is 1. The summed E-state index contributed by atoms with van der Waals surface area (Å²) in [5, 5.41) is 0.0795. The maximum atomic E-state index is 13.2. The number of rotatable bonds is 2. The molecule has 19 heavy (non-hydrogen) atoms. The molecule has 1 aromatic rings. The van der Waals surface area contributed by atoms with E-state index in [1.54, 1.807) is 0 Å². The number of halogens is 2. The second-order valence-corrected chi connectivity index (χ2v) is 4.98. The predicted molar refractivity (Wildman–Crippen MR) is 62.3 cm³/mol. The first-order valence-corrected chi connectivity index (χ1v) is 6.31. The molecule has 102 valence electrons. The van der Waals surface area contributed by atoms with Gasteiger partial charge in [0.1, 0.15) is 0 Å². The number of hydrazine groups is 1. The standard InChI is InChI=1S/C9H8F2N4O3S/c10-8-13-7(14-9(11)15(8)12)5-2-1-3-6(4-5)19(16,17)18/h1-4,8H,12H2,(H,16,17,18). The van der Waals surface area contributed by atoms with E-state index < -0.39 is 27.5 Å². The average molecular weight is 290 g/mol. The predicted octanol–water partition coefficient (Wildman–Crippen LogP) is 0.448. The summed E-state index contributed by atoms with van der Waals surface area (Å²) in [6.07, 6.45) is -3.46. The molecule has 1 unspecified atom stereocenters. The van der Waals surface area contributed by atoms with Crippen LogP contribution in [0.4, 0.5) is 8.78 Å². The first-order valence-electron chi connectivity index (χ1n) is 4.87. The Labute approximate surface area is 106 Å². The van der Waals surface area contributed by atoms with Gasteiger partial charge in [-0.25, -0.2) is 15.8 Å². The zero-order valence-corrected chi connectivity index (χ0v) is 10.1. The van der Waals surface area contributed by atoms with Gasteiger partial charge in [-0.2, -0.15) is 22.2 Å². The number of amidine groups is 2. The normalized spacial score (nSPS) is 20.0. The van der Waals surface area contributed by atoms with Crippen molar-refractivity contribution in [2.45, 2.75) is 11.3 Å². The molecule has 0 bridgehead atoms. The van der Waals surface area contributed by atoms with E-state index in [4.69, 9.17) is 10.4 Å². The molecule has 0 aromatic heterocycles. The third kappa shape index (κ3) is 2.75. The van der Waals surface area contributed by atoms with Crippen LogP contribution in [0.15, 0.2) is 39.1 Å². The van der Waals surface area contributed by atoms with Crippen LogP contribution in [0.1, 0.15) is 5.56 Å². The summed E-state index contributed by atoms with van der Waals surface area (Å²) in [7, 11) is -4.43. The monoisotopic (exact) mass is 290 g/mol. The molecule has 1 aliphatic heterocycles. The van der Waals surface area contributed by atoms with E-state index >= 15 is 0 Å². The van der Waals surface area contributed by atoms with Crippen LogP contribution in [0.25, 0.3) is 0 Å². The van der Waals surface area contributed by atoms with E-state index in [9.17, 15) is 17.2 Å². The number of nitrogens with zero attached hydrogens (tertiary/aromatic N) is 3. The van der Waals surface area contributed by atoms with Crippen LogP contribution in [0.2, 0.25) is 0 Å². The molecule has 3 N–H and O–H groups in total. The smallest absolute Gasteiger partial charge is 0.282 e. The molecule has 1 aromatic carbocycles. The van der Waals surface area contributed by atoms with Crippen LogP contribution < -0.4 is 5.84 Å². The highest BCUT2D eigenvalue weighted by atomic mass is 32.2. The highest BCUT2D eigenvalue weighted by Gasteiger charge is 2.24. The number of hydrogen-bond acceptors (Lipinski definition) is 6. The number of benzene rings is 1. The quantitative estimate of drug-likeness (QED) is 0.467. The average Bonchev–Trinajstić information content (AvgIpc) is 2.34. The summed E-state index contributed by atoms with van der Waals surface area (Å²) in [5.74, 6) is 4.61. The van der Waals surface area contributed by atoms with Crippen LogP contribution in [-0.4, -0.2) is 36.3 Å². The minimum Gasteiger partial charge on any atom is -0.282 e. The van der Waals surface area contributed by atoms with Crippen LogP contribution in [0.5, 0.6) is 0 Å². The van der Waals surface area contributed by atoms with Gasteiger partial charge in [-0.1, -0.05) is 12.1 Å². The van der Waals surface area contributed by atoms with Gasteiger partial charge in [0, 0.05) is 5.56 Å². The van der Waals surface area contributed by atoms with Crippen molar-refractivity contribution >= 4 is 22.0 Å². The zero-order chi connectivity index (χ0) is 14.2. The van der Waals surface area contributed by atoms with E-state index in [0.717, 1.165) is 12.1 Å². The largest absolute Gasteiger partial charge is 0.305 e. The molecule has 0 amide bonds. The van der Waals surface area contributed by atoms with Crippen LogP contribution >= 0.6 is 0 Å². The lowest BCUT2D eigenvalue weighted by Gasteiger charge is -2.20. The van der Waals surface area contributed by atoms with Crippen molar-refractivity contribution in [2.75, 3.05) is 0 Å². The van der Waals surface area contributed by atoms with Crippen molar-refractivity contribution in [3.05, 3.63) is 29.8 Å². The van der Waals surface area contributed by atoms with Crippen molar-refractivity contribution < 1.29 is 21.8 Å². The van der Waals surface area contributed by atoms with E-state index in [0.29, 0.717) is 0 Å². The molecule has 1 atom stereocenters. The fourth-order valence-electron chi connectivity index (χ4n) is 1.36. The van der Waals surface area contributed by atoms with Gasteiger partial charge in [-0.3, -0.25) is 4.55 Å². The molecule has 7 nitrogen and oxygen atoms in total. The SMILES string of the molecule is NN1C(F)=NC(c2cccc(S(=O)(=O)O)c2)=NC1F. The first-order chi connectivity index (χ1) is 8.79. The molecule has 0 saturated carbocycles. The molecule has 1 aliphatic rings. The maximum absolute atomic E-state index is 13.2. The highest BCUT2D eigenvalue weighted by Crippen LogP contribution is 2.16. The Morgan fingerprint density at radius 1 is 1.42 bits per heavy atom. The van der Waals surface area contributed by atoms with Crippen LogP contribution in [-0.2, 0) is 10.1 Å². The Balaban J connectivity index is 2.47. The van der Waals surface area contributed by atoms with Crippen molar-refractivity contribution in [2.24, 2.45) is 15.8 Å². The van der Waals surface area contributed by atoms with Gasteiger partial charge in [-0.15, -0.1) is 0 Å². The first kappa shape index (κ1) is 13.5. The second-order valence-electron chi connectivity index (χ2n) is 3.55. The molecule has 10 heteroatoms. The molecular formula is C9H8F2N4O3S. The molecule has 2 rings (SSSR count). The van der Waals surface area contributed by atoms with Gasteiger partial charge in [0.05, 0.1) is 4.90 Å². The summed E-state index contributed by atoms with van der Waals surface area (Å²) in [6, 6.07) is 4.72. The van der Waals surface area contributed by atoms with Crippen molar-refractivity contribution in [1.29, 1.82) is 0 Å². The van der Waals surface area contributed by atoms with Gasteiger partial charge >= 0.3 is 6.09 Å². The maximum Gasteiger partial charge on any atom is 0.305 e. The second kappa shape index (κ2) is 4.64. The van der Waals surface area contributed by atoms with Crippen molar-refractivity contribution in [1.82, 2.24) is 5.01 Å². The van der Waals surface area contributed by atoms with Crippen LogP contribution in [0.3, 0.4) is 0 Å². The molecule has 1 heterocycles. The minimum atomic E-state index is -4.43. The lowest BCUT2D eigenvalue weighted by molar-refractivity contribution is 0.148. The minimum absolute atomic E-state index is 0.0287. The van der Waals surface area contributed by atoms with Gasteiger partial charge in [-0.05, 0) is 12.1 Å². The fourth-order valence-corrected chi connectivity index (χ4v) is 1.89. The van der Waals surface area contributed by atoms with Crippen molar-refractivity contribution in [3.63, 3.8) is 0 Å². The molecular weight excluding hydrogens is 282 g/mol.